The van der Waals surface area contributed by atoms with Gasteiger partial charge >= 0.3 is 0 Å². The molecule has 2 heteroatoms. The summed E-state index contributed by atoms with van der Waals surface area (Å²) in [5, 5.41) is 0. The molecule has 0 radical (unpaired) electrons. The van der Waals surface area contributed by atoms with Crippen molar-refractivity contribution in [2.24, 2.45) is 11.7 Å². The van der Waals surface area contributed by atoms with Gasteiger partial charge in [-0.3, -0.25) is 4.79 Å². The van der Waals surface area contributed by atoms with Crippen LogP contribution >= 0.6 is 0 Å². The predicted molar refractivity (Wildman–Crippen MR) is 60.9 cm³/mol. The lowest BCUT2D eigenvalue weighted by Gasteiger charge is -2.23. The topological polar surface area (TPSA) is 43.1 Å². The van der Waals surface area contributed by atoms with Gasteiger partial charge in [0.2, 0.25) is 0 Å². The first-order valence-electron chi connectivity index (χ1n) is 5.64. The van der Waals surface area contributed by atoms with Crippen molar-refractivity contribution < 1.29 is 4.79 Å². The molecule has 1 aliphatic carbocycles. The summed E-state index contributed by atoms with van der Waals surface area (Å²) in [5.41, 5.74) is 7.54. The molecule has 0 bridgehead atoms. The molecule has 2 N–H and O–H groups in total. The maximum atomic E-state index is 11.9. The molecule has 1 saturated carbocycles. The fraction of sp³-hybridized carbons (Fsp3) is 0.462. The van der Waals surface area contributed by atoms with Crippen LogP contribution in [0.1, 0.15) is 35.2 Å². The normalized spacial score (nSPS) is 16.1. The van der Waals surface area contributed by atoms with Crippen molar-refractivity contribution in [2.45, 2.75) is 25.7 Å². The Labute approximate surface area is 90.5 Å². The molecule has 2 rings (SSSR count). The van der Waals surface area contributed by atoms with Crippen LogP contribution in [0.3, 0.4) is 0 Å². The Morgan fingerprint density at radius 3 is 2.40 bits per heavy atom. The van der Waals surface area contributed by atoms with Crippen molar-refractivity contribution >= 4 is 5.78 Å². The highest BCUT2D eigenvalue weighted by Gasteiger charge is 2.25. The summed E-state index contributed by atoms with van der Waals surface area (Å²) < 4.78 is 0. The molecule has 0 heterocycles. The number of carbonyl (C=O) groups excluding carboxylic acids is 1. The average molecular weight is 203 g/mol. The second-order valence-electron chi connectivity index (χ2n) is 4.23. The van der Waals surface area contributed by atoms with Crippen molar-refractivity contribution in [2.75, 3.05) is 6.54 Å². The Morgan fingerprint density at radius 2 is 1.93 bits per heavy atom. The molecule has 0 atom stereocenters. The average Bonchev–Trinajstić information content (AvgIpc) is 2.16. The van der Waals surface area contributed by atoms with Crippen LogP contribution in [0, 0.1) is 5.92 Å². The quantitative estimate of drug-likeness (QED) is 0.762. The number of rotatable bonds is 4. The van der Waals surface area contributed by atoms with Crippen LogP contribution in [0.25, 0.3) is 0 Å². The van der Waals surface area contributed by atoms with Crippen molar-refractivity contribution in [1.29, 1.82) is 0 Å². The molecule has 80 valence electrons. The number of ketones is 1. The maximum absolute atomic E-state index is 11.9. The zero-order valence-corrected chi connectivity index (χ0v) is 8.91. The van der Waals surface area contributed by atoms with Crippen molar-refractivity contribution in [3.63, 3.8) is 0 Å². The highest BCUT2D eigenvalue weighted by atomic mass is 16.1. The molecule has 1 aromatic rings. The van der Waals surface area contributed by atoms with Gasteiger partial charge in [0.25, 0.3) is 0 Å². The van der Waals surface area contributed by atoms with E-state index in [9.17, 15) is 4.79 Å². The van der Waals surface area contributed by atoms with Gasteiger partial charge in [-0.2, -0.15) is 0 Å². The minimum atomic E-state index is 0.297. The standard InChI is InChI=1S/C13H17NO/c14-9-8-10-4-6-12(7-5-10)13(15)11-2-1-3-11/h4-7,11H,1-3,8-9,14H2. The second-order valence-corrected chi connectivity index (χ2v) is 4.23. The van der Waals surface area contributed by atoms with Crippen molar-refractivity contribution in [1.82, 2.24) is 0 Å². The molecule has 0 amide bonds. The van der Waals surface area contributed by atoms with Gasteiger partial charge in [-0.1, -0.05) is 30.7 Å². The minimum absolute atomic E-state index is 0.297. The highest BCUT2D eigenvalue weighted by Crippen LogP contribution is 2.29. The minimum Gasteiger partial charge on any atom is -0.330 e. The van der Waals surface area contributed by atoms with E-state index in [1.165, 1.54) is 12.0 Å². The summed E-state index contributed by atoms with van der Waals surface area (Å²) in [7, 11) is 0. The smallest absolute Gasteiger partial charge is 0.165 e. The third-order valence-corrected chi connectivity index (χ3v) is 3.15. The molecule has 1 aromatic carbocycles. The van der Waals surface area contributed by atoms with Crippen LogP contribution < -0.4 is 5.73 Å². The molecule has 2 nitrogen and oxygen atoms in total. The number of nitrogens with two attached hydrogens (primary N) is 1. The Balaban J connectivity index is 2.05. The van der Waals surface area contributed by atoms with Gasteiger partial charge in [-0.25, -0.2) is 0 Å². The van der Waals surface area contributed by atoms with E-state index in [2.05, 4.69) is 0 Å². The third kappa shape index (κ3) is 2.26. The fourth-order valence-electron chi connectivity index (χ4n) is 1.91. The molecule has 0 aromatic heterocycles. The van der Waals surface area contributed by atoms with Crippen LogP contribution in [0.5, 0.6) is 0 Å². The Bertz CT molecular complexity index is 338. The van der Waals surface area contributed by atoms with Gasteiger partial charge in [-0.05, 0) is 31.4 Å². The van der Waals surface area contributed by atoms with Crippen LogP contribution in [0.4, 0.5) is 0 Å². The molecule has 1 fully saturated rings. The second kappa shape index (κ2) is 4.58. The lowest BCUT2D eigenvalue weighted by Crippen LogP contribution is -2.21. The molecular weight excluding hydrogens is 186 g/mol. The zero-order chi connectivity index (χ0) is 10.7. The van der Waals surface area contributed by atoms with Gasteiger partial charge < -0.3 is 5.73 Å². The van der Waals surface area contributed by atoms with E-state index in [1.807, 2.05) is 24.3 Å². The third-order valence-electron chi connectivity index (χ3n) is 3.15. The largest absolute Gasteiger partial charge is 0.330 e. The van der Waals surface area contributed by atoms with Gasteiger partial charge in [0.1, 0.15) is 0 Å². The molecule has 0 spiro atoms. The molecule has 0 unspecified atom stereocenters. The van der Waals surface area contributed by atoms with Crippen molar-refractivity contribution in [3.05, 3.63) is 35.4 Å². The molecule has 15 heavy (non-hydrogen) atoms. The first kappa shape index (κ1) is 10.4. The van der Waals surface area contributed by atoms with E-state index in [-0.39, 0.29) is 0 Å². The van der Waals surface area contributed by atoms with E-state index < -0.39 is 0 Å². The maximum Gasteiger partial charge on any atom is 0.165 e. The van der Waals surface area contributed by atoms with Crippen LogP contribution in [0.15, 0.2) is 24.3 Å². The molecular formula is C13H17NO. The molecule has 0 aliphatic heterocycles. The van der Waals surface area contributed by atoms with E-state index in [4.69, 9.17) is 5.73 Å². The fourth-order valence-corrected chi connectivity index (χ4v) is 1.91. The Kier molecular flexibility index (Phi) is 3.17. The zero-order valence-electron chi connectivity index (χ0n) is 8.91. The van der Waals surface area contributed by atoms with E-state index >= 15 is 0 Å². The lowest BCUT2D eigenvalue weighted by molar-refractivity contribution is 0.0855. The van der Waals surface area contributed by atoms with Crippen LogP contribution in [0.2, 0.25) is 0 Å². The highest BCUT2D eigenvalue weighted by molar-refractivity contribution is 5.98. The van der Waals surface area contributed by atoms with Gasteiger partial charge in [0.15, 0.2) is 5.78 Å². The van der Waals surface area contributed by atoms with Crippen LogP contribution in [-0.4, -0.2) is 12.3 Å². The van der Waals surface area contributed by atoms with E-state index in [0.717, 1.165) is 24.8 Å². The number of hydrogen-bond acceptors (Lipinski definition) is 2. The Hall–Kier alpha value is -1.15. The molecule has 1 aliphatic rings. The summed E-state index contributed by atoms with van der Waals surface area (Å²) in [6.07, 6.45) is 4.24. The number of Topliss-reactive ketones (excluding diaryl/α,β-unsaturated/α-hetero) is 1. The van der Waals surface area contributed by atoms with Gasteiger partial charge in [-0.15, -0.1) is 0 Å². The number of benzene rings is 1. The SMILES string of the molecule is NCCc1ccc(C(=O)C2CCC2)cc1. The van der Waals surface area contributed by atoms with Crippen molar-refractivity contribution in [3.8, 4) is 0 Å². The van der Waals surface area contributed by atoms with Gasteiger partial charge in [0, 0.05) is 11.5 Å². The summed E-state index contributed by atoms with van der Waals surface area (Å²) in [4.78, 5) is 11.9. The summed E-state index contributed by atoms with van der Waals surface area (Å²) in [6.45, 7) is 0.663. The Morgan fingerprint density at radius 1 is 1.27 bits per heavy atom. The lowest BCUT2D eigenvalue weighted by atomic mass is 9.80. The van der Waals surface area contributed by atoms with E-state index in [0.29, 0.717) is 18.2 Å². The first-order chi connectivity index (χ1) is 7.31. The summed E-state index contributed by atoms with van der Waals surface area (Å²) >= 11 is 0. The van der Waals surface area contributed by atoms with Crippen LogP contribution in [-0.2, 0) is 6.42 Å². The first-order valence-corrected chi connectivity index (χ1v) is 5.64. The van der Waals surface area contributed by atoms with E-state index in [1.54, 1.807) is 0 Å². The summed E-state index contributed by atoms with van der Waals surface area (Å²) in [6, 6.07) is 7.90. The number of hydrogen-bond donors (Lipinski definition) is 1. The van der Waals surface area contributed by atoms with Gasteiger partial charge in [0.05, 0.1) is 0 Å². The number of carbonyl (C=O) groups is 1. The predicted octanol–water partition coefficient (Wildman–Crippen LogP) is 2.17. The molecule has 0 saturated heterocycles. The summed E-state index contributed by atoms with van der Waals surface area (Å²) in [5.74, 6) is 0.617. The monoisotopic (exact) mass is 203 g/mol.